The first-order valence-corrected chi connectivity index (χ1v) is 14.0. The Balaban J connectivity index is 1.15. The third-order valence-electron chi connectivity index (χ3n) is 8.01. The molecule has 1 saturated carbocycles. The van der Waals surface area contributed by atoms with E-state index in [2.05, 4.69) is 15.0 Å². The molecule has 3 heterocycles. The van der Waals surface area contributed by atoms with Crippen molar-refractivity contribution in [3.05, 3.63) is 82.9 Å². The molecule has 0 radical (unpaired) electrons. The second-order valence-electron chi connectivity index (χ2n) is 10.6. The lowest BCUT2D eigenvalue weighted by Gasteiger charge is -2.24. The molecule has 6 rings (SSSR count). The Hall–Kier alpha value is -4.77. The van der Waals surface area contributed by atoms with Crippen LogP contribution in [0.3, 0.4) is 0 Å². The predicted octanol–water partition coefficient (Wildman–Crippen LogP) is 5.13. The van der Waals surface area contributed by atoms with E-state index in [0.717, 1.165) is 36.0 Å². The second-order valence-corrected chi connectivity index (χ2v) is 10.6. The number of aromatic nitrogens is 4. The maximum atomic E-state index is 12.0. The fourth-order valence-corrected chi connectivity index (χ4v) is 5.66. The Bertz CT molecular complexity index is 1690. The molecule has 4 N–H and O–H groups in total. The van der Waals surface area contributed by atoms with Gasteiger partial charge in [0.05, 0.1) is 18.0 Å². The second kappa shape index (κ2) is 11.6. The van der Waals surface area contributed by atoms with E-state index in [1.165, 1.54) is 11.9 Å². The van der Waals surface area contributed by atoms with Gasteiger partial charge in [0.25, 0.3) is 0 Å². The normalized spacial score (nSPS) is 18.1. The summed E-state index contributed by atoms with van der Waals surface area (Å²) in [4.78, 5) is 36.4. The van der Waals surface area contributed by atoms with E-state index in [1.54, 1.807) is 36.7 Å². The first kappa shape index (κ1) is 27.4. The number of carbonyl (C=O) groups is 2. The van der Waals surface area contributed by atoms with Crippen LogP contribution in [0.1, 0.15) is 76.6 Å². The number of hydrogen-bond acceptors (Lipinski definition) is 8. The minimum absolute atomic E-state index is 0.0786. The monoisotopic (exact) mass is 569 g/mol. The highest BCUT2D eigenvalue weighted by atomic mass is 16.6. The van der Waals surface area contributed by atoms with Crippen molar-refractivity contribution in [2.75, 3.05) is 12.3 Å². The third-order valence-corrected chi connectivity index (χ3v) is 8.01. The highest BCUT2D eigenvalue weighted by Gasteiger charge is 2.29. The summed E-state index contributed by atoms with van der Waals surface area (Å²) in [5.74, 6) is -1.43. The summed E-state index contributed by atoms with van der Waals surface area (Å²) in [7, 11) is 0. The Morgan fingerprint density at radius 2 is 1.79 bits per heavy atom. The molecule has 216 valence electrons. The first-order chi connectivity index (χ1) is 20.4. The molecule has 11 heteroatoms. The minimum Gasteiger partial charge on any atom is -0.490 e. The third kappa shape index (κ3) is 5.42. The van der Waals surface area contributed by atoms with Gasteiger partial charge < -0.3 is 25.4 Å². The van der Waals surface area contributed by atoms with Gasteiger partial charge in [0, 0.05) is 0 Å². The lowest BCUT2D eigenvalue weighted by Crippen LogP contribution is -2.19. The van der Waals surface area contributed by atoms with E-state index >= 15 is 0 Å². The first-order valence-electron chi connectivity index (χ1n) is 14.0. The largest absolute Gasteiger partial charge is 0.490 e. The van der Waals surface area contributed by atoms with Crippen LogP contribution in [0.5, 0.6) is 5.75 Å². The lowest BCUT2D eigenvalue weighted by molar-refractivity contribution is -0.0160. The lowest BCUT2D eigenvalue weighted by atomic mass is 9.81. The fourth-order valence-electron chi connectivity index (χ4n) is 5.66. The van der Waals surface area contributed by atoms with E-state index in [0.29, 0.717) is 48.2 Å². The minimum atomic E-state index is -1.07. The number of aryl methyl sites for hydroxylation is 1. The number of carboxylic acid groups (broad SMARTS) is 2. The quantitative estimate of drug-likeness (QED) is 0.233. The molecule has 2 aromatic heterocycles. The summed E-state index contributed by atoms with van der Waals surface area (Å²) in [6.45, 7) is 0.186. The predicted molar refractivity (Wildman–Crippen MR) is 154 cm³/mol. The highest BCUT2D eigenvalue weighted by Crippen LogP contribution is 2.38. The number of nitrogens with two attached hydrogens (primary N) is 1. The van der Waals surface area contributed by atoms with Crippen molar-refractivity contribution in [3.8, 4) is 5.75 Å². The molecule has 0 amide bonds. The topological polar surface area (TPSA) is 163 Å². The van der Waals surface area contributed by atoms with Crippen molar-refractivity contribution in [2.24, 2.45) is 0 Å². The van der Waals surface area contributed by atoms with Crippen LogP contribution < -0.4 is 10.5 Å². The van der Waals surface area contributed by atoms with Crippen LogP contribution in [0, 0.1) is 0 Å². The number of ether oxygens (including phenoxy) is 2. The SMILES string of the molecule is Nc1ncnc2c1ncn2C1CC[C@@H](COc2cc(CCC(=C3CCC3)c3ccccc3C(=O)O)ccc2C(=O)O)O1. The van der Waals surface area contributed by atoms with E-state index in [9.17, 15) is 19.8 Å². The van der Waals surface area contributed by atoms with E-state index in [1.807, 2.05) is 16.7 Å². The molecule has 2 aliphatic rings. The molecule has 1 saturated heterocycles. The van der Waals surface area contributed by atoms with Gasteiger partial charge in [-0.1, -0.05) is 29.8 Å². The zero-order chi connectivity index (χ0) is 29.2. The van der Waals surface area contributed by atoms with Crippen LogP contribution in [-0.2, 0) is 11.2 Å². The van der Waals surface area contributed by atoms with Crippen molar-refractivity contribution in [1.29, 1.82) is 0 Å². The molecule has 2 fully saturated rings. The summed E-state index contributed by atoms with van der Waals surface area (Å²) in [6, 6.07) is 12.2. The van der Waals surface area contributed by atoms with Crippen molar-refractivity contribution < 1.29 is 29.3 Å². The molecule has 2 atom stereocenters. The van der Waals surface area contributed by atoms with Gasteiger partial charge in [0.1, 0.15) is 36.0 Å². The number of benzene rings is 2. The van der Waals surface area contributed by atoms with Crippen molar-refractivity contribution in [1.82, 2.24) is 19.5 Å². The number of carboxylic acids is 2. The van der Waals surface area contributed by atoms with E-state index in [4.69, 9.17) is 15.2 Å². The zero-order valence-electron chi connectivity index (χ0n) is 22.9. The summed E-state index contributed by atoms with van der Waals surface area (Å²) < 4.78 is 14.1. The van der Waals surface area contributed by atoms with Gasteiger partial charge in [-0.3, -0.25) is 4.57 Å². The number of fused-ring (bicyclic) bond motifs is 1. The number of nitrogens with zero attached hydrogens (tertiary/aromatic N) is 4. The number of aromatic carboxylic acids is 2. The molecule has 2 aromatic carbocycles. The average molecular weight is 570 g/mol. The van der Waals surface area contributed by atoms with Gasteiger partial charge in [0.15, 0.2) is 11.5 Å². The molecule has 4 aromatic rings. The molecule has 1 aliphatic heterocycles. The molecule has 1 unspecified atom stereocenters. The van der Waals surface area contributed by atoms with Crippen LogP contribution >= 0.6 is 0 Å². The van der Waals surface area contributed by atoms with Crippen molar-refractivity contribution >= 4 is 34.5 Å². The number of rotatable bonds is 10. The summed E-state index contributed by atoms with van der Waals surface area (Å²) in [5, 5.41) is 19.5. The number of hydrogen-bond donors (Lipinski definition) is 3. The Morgan fingerprint density at radius 3 is 2.52 bits per heavy atom. The standard InChI is InChI=1S/C31H31N5O6/c32-28-27-29(34-16-33-28)36(17-35-27)26-13-10-20(42-26)15-41-25-14-18(9-12-24(25)31(39)40)8-11-21(19-4-3-5-19)22-6-1-2-7-23(22)30(37)38/h1-2,6-7,9,12,14,16-17,20,26H,3-5,8,10-11,13,15H2,(H,37,38)(H,39,40)(H2,32,33,34)/t20-,26?/m0/s1. The van der Waals surface area contributed by atoms with Crippen LogP contribution in [0.15, 0.2) is 60.7 Å². The van der Waals surface area contributed by atoms with Gasteiger partial charge in [0.2, 0.25) is 0 Å². The van der Waals surface area contributed by atoms with Crippen LogP contribution in [0.4, 0.5) is 5.82 Å². The van der Waals surface area contributed by atoms with Crippen LogP contribution in [0.2, 0.25) is 0 Å². The Kier molecular flexibility index (Phi) is 7.58. The molecule has 1 aliphatic carbocycles. The molecule has 42 heavy (non-hydrogen) atoms. The number of anilines is 1. The summed E-state index contributed by atoms with van der Waals surface area (Å²) >= 11 is 0. The van der Waals surface area contributed by atoms with Gasteiger partial charge in [-0.25, -0.2) is 24.5 Å². The maximum Gasteiger partial charge on any atom is 0.339 e. The van der Waals surface area contributed by atoms with E-state index in [-0.39, 0.29) is 30.3 Å². The van der Waals surface area contributed by atoms with Gasteiger partial charge >= 0.3 is 11.9 Å². The highest BCUT2D eigenvalue weighted by molar-refractivity contribution is 5.95. The average Bonchev–Trinajstić information content (AvgIpc) is 3.61. The number of nitrogen functional groups attached to an aromatic ring is 1. The molecule has 0 spiro atoms. The zero-order valence-corrected chi connectivity index (χ0v) is 22.9. The Morgan fingerprint density at radius 1 is 1.00 bits per heavy atom. The Labute approximate surface area is 241 Å². The molecular weight excluding hydrogens is 538 g/mol. The van der Waals surface area contributed by atoms with Gasteiger partial charge in [-0.05, 0) is 79.8 Å². The number of allylic oxidation sites excluding steroid dienone is 2. The molecule has 0 bridgehead atoms. The number of imidazole rings is 1. The molecular formula is C31H31N5O6. The maximum absolute atomic E-state index is 12.0. The van der Waals surface area contributed by atoms with Gasteiger partial charge in [-0.15, -0.1) is 0 Å². The van der Waals surface area contributed by atoms with Crippen LogP contribution in [-0.4, -0.2) is 54.4 Å². The summed E-state index contributed by atoms with van der Waals surface area (Å²) in [6.07, 6.45) is 8.20. The fraction of sp³-hybridized carbons (Fsp3) is 0.323. The van der Waals surface area contributed by atoms with Gasteiger partial charge in [-0.2, -0.15) is 0 Å². The smallest absolute Gasteiger partial charge is 0.339 e. The van der Waals surface area contributed by atoms with Crippen molar-refractivity contribution in [3.63, 3.8) is 0 Å². The summed E-state index contributed by atoms with van der Waals surface area (Å²) in [5.41, 5.74) is 11.4. The van der Waals surface area contributed by atoms with Crippen LogP contribution in [0.25, 0.3) is 16.7 Å². The van der Waals surface area contributed by atoms with E-state index < -0.39 is 11.9 Å². The molecule has 11 nitrogen and oxygen atoms in total. The van der Waals surface area contributed by atoms with Crippen molar-refractivity contribution in [2.45, 2.75) is 57.3 Å².